The highest BCUT2D eigenvalue weighted by Crippen LogP contribution is 2.13. The van der Waals surface area contributed by atoms with Crippen LogP contribution in [-0.4, -0.2) is 22.4 Å². The summed E-state index contributed by atoms with van der Waals surface area (Å²) in [5.41, 5.74) is 1.50. The van der Waals surface area contributed by atoms with Crippen molar-refractivity contribution in [3.63, 3.8) is 0 Å². The van der Waals surface area contributed by atoms with E-state index < -0.39 is 5.97 Å². The van der Waals surface area contributed by atoms with E-state index >= 15 is 0 Å². The number of rotatable bonds is 3. The highest BCUT2D eigenvalue weighted by molar-refractivity contribution is 5.89. The number of aromatic carboxylic acids is 1. The number of nitrogens with zero attached hydrogens (tertiary/aromatic N) is 1. The predicted molar refractivity (Wildman–Crippen MR) is 51.1 cm³/mol. The summed E-state index contributed by atoms with van der Waals surface area (Å²) in [7, 11) is 0. The molecule has 0 saturated carbocycles. The van der Waals surface area contributed by atoms with Gasteiger partial charge in [0.25, 0.3) is 0 Å². The lowest BCUT2D eigenvalue weighted by atomic mass is 10.2. The van der Waals surface area contributed by atoms with Gasteiger partial charge in [0.15, 0.2) is 6.61 Å². The van der Waals surface area contributed by atoms with Gasteiger partial charge in [-0.25, -0.2) is 4.79 Å². The highest BCUT2D eigenvalue weighted by atomic mass is 16.7. The van der Waals surface area contributed by atoms with Crippen molar-refractivity contribution in [2.45, 2.75) is 13.8 Å². The van der Waals surface area contributed by atoms with Crippen molar-refractivity contribution in [1.82, 2.24) is 4.73 Å². The molecule has 0 aromatic carbocycles. The van der Waals surface area contributed by atoms with E-state index in [1.54, 1.807) is 19.9 Å². The third-order valence-corrected chi connectivity index (χ3v) is 1.88. The van der Waals surface area contributed by atoms with Gasteiger partial charge in [0.2, 0.25) is 0 Å². The van der Waals surface area contributed by atoms with Gasteiger partial charge in [-0.05, 0) is 19.9 Å². The van der Waals surface area contributed by atoms with Crippen LogP contribution in [0.4, 0.5) is 0 Å². The standard InChI is InChI=1S/C10H11NO3/c1-4-5-14-11-7(2)6-9(8(11)3)10(12)13/h1,6H,5H2,2-3H3,(H,12,13). The monoisotopic (exact) mass is 193 g/mol. The summed E-state index contributed by atoms with van der Waals surface area (Å²) in [6.07, 6.45) is 5.04. The molecule has 0 fully saturated rings. The van der Waals surface area contributed by atoms with Crippen LogP contribution >= 0.6 is 0 Å². The Morgan fingerprint density at radius 2 is 2.36 bits per heavy atom. The average Bonchev–Trinajstić information content (AvgIpc) is 2.40. The Morgan fingerprint density at radius 3 is 2.79 bits per heavy atom. The van der Waals surface area contributed by atoms with E-state index in [9.17, 15) is 4.79 Å². The third-order valence-electron chi connectivity index (χ3n) is 1.88. The van der Waals surface area contributed by atoms with Gasteiger partial charge in [0.1, 0.15) is 0 Å². The van der Waals surface area contributed by atoms with E-state index in [1.807, 2.05) is 0 Å². The van der Waals surface area contributed by atoms with Crippen molar-refractivity contribution in [1.29, 1.82) is 0 Å². The molecular weight excluding hydrogens is 182 g/mol. The Morgan fingerprint density at radius 1 is 1.71 bits per heavy atom. The van der Waals surface area contributed by atoms with Crippen LogP contribution in [0.25, 0.3) is 0 Å². The number of hydrogen-bond donors (Lipinski definition) is 1. The largest absolute Gasteiger partial charge is 0.478 e. The van der Waals surface area contributed by atoms with Crippen LogP contribution < -0.4 is 4.84 Å². The third kappa shape index (κ3) is 1.72. The molecule has 0 bridgehead atoms. The molecule has 1 aromatic rings. The van der Waals surface area contributed by atoms with Gasteiger partial charge in [0.05, 0.1) is 17.0 Å². The summed E-state index contributed by atoms with van der Waals surface area (Å²) in [5, 5.41) is 8.82. The van der Waals surface area contributed by atoms with Crippen molar-refractivity contribution in [2.24, 2.45) is 0 Å². The lowest BCUT2D eigenvalue weighted by molar-refractivity contribution is 0.0692. The molecule has 0 aliphatic rings. The van der Waals surface area contributed by atoms with Gasteiger partial charge in [-0.15, -0.1) is 6.42 Å². The summed E-state index contributed by atoms with van der Waals surface area (Å²) in [5.74, 6) is 1.35. The maximum atomic E-state index is 10.8. The first-order valence-corrected chi connectivity index (χ1v) is 4.07. The van der Waals surface area contributed by atoms with Gasteiger partial charge in [-0.1, -0.05) is 5.92 Å². The smallest absolute Gasteiger partial charge is 0.337 e. The first-order chi connectivity index (χ1) is 6.57. The lowest BCUT2D eigenvalue weighted by Crippen LogP contribution is -2.15. The van der Waals surface area contributed by atoms with Crippen LogP contribution in [0.2, 0.25) is 0 Å². The Hall–Kier alpha value is -1.89. The number of carboxylic acids is 1. The van der Waals surface area contributed by atoms with Crippen LogP contribution in [0, 0.1) is 26.2 Å². The fraction of sp³-hybridized carbons (Fsp3) is 0.300. The maximum absolute atomic E-state index is 10.8. The van der Waals surface area contributed by atoms with Crippen molar-refractivity contribution in [2.75, 3.05) is 6.61 Å². The summed E-state index contributed by atoms with van der Waals surface area (Å²) in [4.78, 5) is 15.9. The molecule has 0 saturated heterocycles. The minimum Gasteiger partial charge on any atom is -0.478 e. The van der Waals surface area contributed by atoms with E-state index in [-0.39, 0.29) is 12.2 Å². The van der Waals surface area contributed by atoms with Crippen LogP contribution in [0.5, 0.6) is 0 Å². The molecule has 0 radical (unpaired) electrons. The minimum atomic E-state index is -0.964. The Bertz CT molecular complexity index is 398. The number of aryl methyl sites for hydroxylation is 1. The minimum absolute atomic E-state index is 0.120. The van der Waals surface area contributed by atoms with Crippen LogP contribution in [0.3, 0.4) is 0 Å². The van der Waals surface area contributed by atoms with E-state index in [2.05, 4.69) is 5.92 Å². The summed E-state index contributed by atoms with van der Waals surface area (Å²) in [6, 6.07) is 1.55. The highest BCUT2D eigenvalue weighted by Gasteiger charge is 2.14. The fourth-order valence-corrected chi connectivity index (χ4v) is 1.26. The molecule has 0 unspecified atom stereocenters. The normalized spacial score (nSPS) is 9.50. The summed E-state index contributed by atoms with van der Waals surface area (Å²) < 4.78 is 1.43. The van der Waals surface area contributed by atoms with Crippen LogP contribution in [0.1, 0.15) is 21.7 Å². The second-order valence-electron chi connectivity index (χ2n) is 2.86. The molecule has 4 nitrogen and oxygen atoms in total. The molecule has 0 aliphatic heterocycles. The second-order valence-corrected chi connectivity index (χ2v) is 2.86. The van der Waals surface area contributed by atoms with E-state index in [4.69, 9.17) is 16.4 Å². The first kappa shape index (κ1) is 10.2. The summed E-state index contributed by atoms with van der Waals surface area (Å²) in [6.45, 7) is 3.55. The van der Waals surface area contributed by atoms with Crippen molar-refractivity contribution in [3.05, 3.63) is 23.0 Å². The quantitative estimate of drug-likeness (QED) is 0.724. The molecule has 1 aromatic heterocycles. The molecular formula is C10H11NO3. The van der Waals surface area contributed by atoms with Gasteiger partial charge in [-0.3, -0.25) is 0 Å². The molecule has 1 heterocycles. The van der Waals surface area contributed by atoms with Gasteiger partial charge >= 0.3 is 5.97 Å². The number of carbonyl (C=O) groups is 1. The lowest BCUT2D eigenvalue weighted by Gasteiger charge is -2.07. The first-order valence-electron chi connectivity index (χ1n) is 4.07. The van der Waals surface area contributed by atoms with Gasteiger partial charge in [0, 0.05) is 0 Å². The molecule has 1 rings (SSSR count). The Labute approximate surface area is 82.1 Å². The molecule has 4 heteroatoms. The summed E-state index contributed by atoms with van der Waals surface area (Å²) >= 11 is 0. The fourth-order valence-electron chi connectivity index (χ4n) is 1.26. The number of carboxylic acid groups (broad SMARTS) is 1. The van der Waals surface area contributed by atoms with Crippen LogP contribution in [-0.2, 0) is 0 Å². The van der Waals surface area contributed by atoms with E-state index in [0.717, 1.165) is 5.69 Å². The SMILES string of the molecule is C#CCOn1c(C)cc(C(=O)O)c1C. The van der Waals surface area contributed by atoms with Crippen molar-refractivity contribution >= 4 is 5.97 Å². The zero-order valence-corrected chi connectivity index (χ0v) is 8.07. The second kappa shape index (κ2) is 3.88. The van der Waals surface area contributed by atoms with Crippen molar-refractivity contribution < 1.29 is 14.7 Å². The molecule has 0 atom stereocenters. The Kier molecular flexibility index (Phi) is 2.82. The van der Waals surface area contributed by atoms with E-state index in [1.165, 1.54) is 4.73 Å². The van der Waals surface area contributed by atoms with E-state index in [0.29, 0.717) is 5.69 Å². The molecule has 14 heavy (non-hydrogen) atoms. The molecule has 1 N–H and O–H groups in total. The van der Waals surface area contributed by atoms with Crippen LogP contribution in [0.15, 0.2) is 6.07 Å². The molecule has 74 valence electrons. The van der Waals surface area contributed by atoms with Gasteiger partial charge < -0.3 is 9.94 Å². The molecule has 0 aliphatic carbocycles. The average molecular weight is 193 g/mol. The number of hydrogen-bond acceptors (Lipinski definition) is 2. The van der Waals surface area contributed by atoms with Crippen molar-refractivity contribution in [3.8, 4) is 12.3 Å². The predicted octanol–water partition coefficient (Wildman–Crippen LogP) is 0.865. The topological polar surface area (TPSA) is 51.5 Å². The number of terminal acetylenes is 1. The number of aromatic nitrogens is 1. The molecule has 0 amide bonds. The Balaban J connectivity index is 3.06. The van der Waals surface area contributed by atoms with Gasteiger partial charge in [-0.2, -0.15) is 4.73 Å². The zero-order valence-electron chi connectivity index (χ0n) is 8.07. The molecule has 0 spiro atoms. The maximum Gasteiger partial charge on any atom is 0.337 e. The zero-order chi connectivity index (χ0) is 10.7.